The number of amides is 1. The van der Waals surface area contributed by atoms with E-state index in [1.807, 2.05) is 12.1 Å². The van der Waals surface area contributed by atoms with Crippen molar-refractivity contribution in [3.8, 4) is 0 Å². The van der Waals surface area contributed by atoms with Crippen LogP contribution in [0.25, 0.3) is 0 Å². The normalized spacial score (nSPS) is 19.4. The van der Waals surface area contributed by atoms with Crippen LogP contribution in [-0.2, 0) is 11.2 Å². The van der Waals surface area contributed by atoms with Gasteiger partial charge in [0.15, 0.2) is 0 Å². The lowest BCUT2D eigenvalue weighted by molar-refractivity contribution is -0.134. The second kappa shape index (κ2) is 7.24. The van der Waals surface area contributed by atoms with E-state index in [9.17, 15) is 4.79 Å². The fourth-order valence-electron chi connectivity index (χ4n) is 2.77. The first-order valence-corrected chi connectivity index (χ1v) is 7.19. The maximum absolute atomic E-state index is 12.3. The Morgan fingerprint density at radius 2 is 2.16 bits per heavy atom. The van der Waals surface area contributed by atoms with Gasteiger partial charge in [-0.25, -0.2) is 0 Å². The van der Waals surface area contributed by atoms with Crippen molar-refractivity contribution in [1.29, 1.82) is 0 Å². The Morgan fingerprint density at radius 1 is 1.37 bits per heavy atom. The molecule has 0 spiro atoms. The lowest BCUT2D eigenvalue weighted by Crippen LogP contribution is -2.44. The van der Waals surface area contributed by atoms with E-state index in [0.717, 1.165) is 32.2 Å². The van der Waals surface area contributed by atoms with Gasteiger partial charge in [-0.1, -0.05) is 0 Å². The summed E-state index contributed by atoms with van der Waals surface area (Å²) in [4.78, 5) is 18.4. The molecule has 1 unspecified atom stereocenters. The molecule has 2 N–H and O–H groups in total. The van der Waals surface area contributed by atoms with Crippen molar-refractivity contribution in [1.82, 2.24) is 9.88 Å². The van der Waals surface area contributed by atoms with E-state index in [1.54, 1.807) is 12.4 Å². The lowest BCUT2D eigenvalue weighted by atomic mass is 9.98. The Bertz CT molecular complexity index is 392. The second-order valence-corrected chi connectivity index (χ2v) is 5.17. The zero-order valence-corrected chi connectivity index (χ0v) is 11.4. The molecule has 0 radical (unpaired) electrons. The van der Waals surface area contributed by atoms with Gasteiger partial charge in [0.25, 0.3) is 0 Å². The summed E-state index contributed by atoms with van der Waals surface area (Å²) in [6, 6.07) is 4.31. The molecule has 2 heterocycles. The summed E-state index contributed by atoms with van der Waals surface area (Å²) >= 11 is 0. The first-order valence-electron chi connectivity index (χ1n) is 7.19. The fourth-order valence-corrected chi connectivity index (χ4v) is 2.77. The maximum Gasteiger partial charge on any atom is 0.223 e. The van der Waals surface area contributed by atoms with Gasteiger partial charge in [0, 0.05) is 31.4 Å². The molecular weight excluding hydrogens is 238 g/mol. The van der Waals surface area contributed by atoms with Crippen LogP contribution in [0.3, 0.4) is 0 Å². The van der Waals surface area contributed by atoms with Crippen LogP contribution in [0.15, 0.2) is 24.5 Å². The third-order valence-corrected chi connectivity index (χ3v) is 3.82. The van der Waals surface area contributed by atoms with E-state index < -0.39 is 0 Å². The van der Waals surface area contributed by atoms with E-state index in [4.69, 9.17) is 5.73 Å². The van der Waals surface area contributed by atoms with Crippen LogP contribution in [0.2, 0.25) is 0 Å². The molecule has 1 saturated heterocycles. The van der Waals surface area contributed by atoms with E-state index in [2.05, 4.69) is 9.88 Å². The number of nitrogens with two attached hydrogens (primary N) is 1. The minimum absolute atomic E-state index is 0.273. The van der Waals surface area contributed by atoms with Gasteiger partial charge in [0.1, 0.15) is 0 Å². The number of carbonyl (C=O) groups excluding carboxylic acids is 1. The van der Waals surface area contributed by atoms with Crippen molar-refractivity contribution in [3.05, 3.63) is 30.1 Å². The van der Waals surface area contributed by atoms with Gasteiger partial charge in [0.05, 0.1) is 0 Å². The molecule has 19 heavy (non-hydrogen) atoms. The summed E-state index contributed by atoms with van der Waals surface area (Å²) in [6.45, 7) is 1.57. The van der Waals surface area contributed by atoms with Crippen LogP contribution < -0.4 is 5.73 Å². The molecule has 1 aromatic rings. The van der Waals surface area contributed by atoms with Crippen molar-refractivity contribution in [2.75, 3.05) is 13.1 Å². The summed E-state index contributed by atoms with van der Waals surface area (Å²) in [5.41, 5.74) is 6.82. The Hall–Kier alpha value is -1.42. The van der Waals surface area contributed by atoms with Crippen molar-refractivity contribution in [2.24, 2.45) is 5.73 Å². The molecular formula is C15H23N3O. The average molecular weight is 261 g/mol. The highest BCUT2D eigenvalue weighted by Crippen LogP contribution is 2.20. The molecule has 1 aliphatic rings. The Labute approximate surface area is 115 Å². The molecule has 0 aromatic carbocycles. The summed E-state index contributed by atoms with van der Waals surface area (Å²) in [6.07, 6.45) is 9.33. The van der Waals surface area contributed by atoms with Crippen LogP contribution >= 0.6 is 0 Å². The van der Waals surface area contributed by atoms with Gasteiger partial charge >= 0.3 is 0 Å². The topological polar surface area (TPSA) is 59.2 Å². The van der Waals surface area contributed by atoms with Crippen LogP contribution in [0.1, 0.15) is 37.7 Å². The van der Waals surface area contributed by atoms with Gasteiger partial charge in [-0.2, -0.15) is 0 Å². The van der Waals surface area contributed by atoms with E-state index >= 15 is 0 Å². The number of rotatable bonds is 5. The summed E-state index contributed by atoms with van der Waals surface area (Å²) < 4.78 is 0. The van der Waals surface area contributed by atoms with Crippen molar-refractivity contribution >= 4 is 5.91 Å². The Kier molecular flexibility index (Phi) is 5.33. The predicted molar refractivity (Wildman–Crippen MR) is 75.6 cm³/mol. The number of nitrogens with zero attached hydrogens (tertiary/aromatic N) is 2. The number of aromatic nitrogens is 1. The molecule has 1 amide bonds. The third-order valence-electron chi connectivity index (χ3n) is 3.82. The number of hydrogen-bond donors (Lipinski definition) is 1. The molecule has 4 nitrogen and oxygen atoms in total. The zero-order valence-electron chi connectivity index (χ0n) is 11.4. The molecule has 1 aromatic heterocycles. The highest BCUT2D eigenvalue weighted by atomic mass is 16.2. The van der Waals surface area contributed by atoms with Crippen LogP contribution in [0.5, 0.6) is 0 Å². The Balaban J connectivity index is 1.87. The molecule has 4 heteroatoms. The number of carbonyl (C=O) groups is 1. The fraction of sp³-hybridized carbons (Fsp3) is 0.600. The van der Waals surface area contributed by atoms with Gasteiger partial charge in [-0.15, -0.1) is 0 Å². The van der Waals surface area contributed by atoms with Gasteiger partial charge in [-0.05, 0) is 56.3 Å². The van der Waals surface area contributed by atoms with Gasteiger partial charge in [-0.3, -0.25) is 9.78 Å². The van der Waals surface area contributed by atoms with E-state index in [0.29, 0.717) is 19.0 Å². The smallest absolute Gasteiger partial charge is 0.223 e. The summed E-state index contributed by atoms with van der Waals surface area (Å²) in [5.74, 6) is 0.273. The number of likely N-dealkylation sites (tertiary alicyclic amines) is 1. The average Bonchev–Trinajstić information content (AvgIpc) is 2.47. The van der Waals surface area contributed by atoms with Crippen molar-refractivity contribution in [3.63, 3.8) is 0 Å². The standard InChI is InChI=1S/C15H23N3O/c16-9-6-14-3-1-2-12-18(14)15(19)5-4-13-7-10-17-11-8-13/h7-8,10-11,14H,1-6,9,12,16H2. The van der Waals surface area contributed by atoms with Gasteiger partial charge in [0.2, 0.25) is 5.91 Å². The Morgan fingerprint density at radius 3 is 2.89 bits per heavy atom. The van der Waals surface area contributed by atoms with E-state index in [1.165, 1.54) is 12.0 Å². The highest BCUT2D eigenvalue weighted by molar-refractivity contribution is 5.76. The first kappa shape index (κ1) is 14.0. The van der Waals surface area contributed by atoms with E-state index in [-0.39, 0.29) is 5.91 Å². The zero-order chi connectivity index (χ0) is 13.5. The summed E-state index contributed by atoms with van der Waals surface area (Å²) in [5, 5.41) is 0. The molecule has 2 rings (SSSR count). The number of aryl methyl sites for hydroxylation is 1. The second-order valence-electron chi connectivity index (χ2n) is 5.17. The predicted octanol–water partition coefficient (Wildman–Crippen LogP) is 1.74. The number of hydrogen-bond acceptors (Lipinski definition) is 3. The number of piperidine rings is 1. The SMILES string of the molecule is NCCC1CCCCN1C(=O)CCc1ccncc1. The number of pyridine rings is 1. The summed E-state index contributed by atoms with van der Waals surface area (Å²) in [7, 11) is 0. The van der Waals surface area contributed by atoms with Crippen LogP contribution in [0.4, 0.5) is 0 Å². The van der Waals surface area contributed by atoms with Crippen molar-refractivity contribution < 1.29 is 4.79 Å². The molecule has 1 aliphatic heterocycles. The molecule has 0 saturated carbocycles. The first-order chi connectivity index (χ1) is 9.31. The lowest BCUT2D eigenvalue weighted by Gasteiger charge is -2.35. The highest BCUT2D eigenvalue weighted by Gasteiger charge is 2.25. The third kappa shape index (κ3) is 4.03. The molecule has 1 atom stereocenters. The quantitative estimate of drug-likeness (QED) is 0.878. The molecule has 0 aliphatic carbocycles. The molecule has 104 valence electrons. The largest absolute Gasteiger partial charge is 0.340 e. The van der Waals surface area contributed by atoms with Crippen LogP contribution in [-0.4, -0.2) is 34.9 Å². The minimum atomic E-state index is 0.273. The molecule has 1 fully saturated rings. The van der Waals surface area contributed by atoms with Crippen molar-refractivity contribution in [2.45, 2.75) is 44.6 Å². The maximum atomic E-state index is 12.3. The minimum Gasteiger partial charge on any atom is -0.340 e. The van der Waals surface area contributed by atoms with Gasteiger partial charge < -0.3 is 10.6 Å². The van der Waals surface area contributed by atoms with Crippen LogP contribution in [0, 0.1) is 0 Å². The monoisotopic (exact) mass is 261 g/mol. The molecule has 0 bridgehead atoms.